The van der Waals surface area contributed by atoms with Crippen LogP contribution in [-0.4, -0.2) is 35.4 Å². The first kappa shape index (κ1) is 16.6. The average Bonchev–Trinajstić information content (AvgIpc) is 3.34. The molecule has 0 aliphatic heterocycles. The number of aromatic amines is 1. The summed E-state index contributed by atoms with van der Waals surface area (Å²) in [5.74, 6) is -0.433. The van der Waals surface area contributed by atoms with Crippen molar-refractivity contribution in [1.82, 2.24) is 29.5 Å². The number of fused-ring (bicyclic) bond motifs is 4. The third-order valence-electron chi connectivity index (χ3n) is 4.79. The molecule has 5 rings (SSSR count). The fraction of sp³-hybridized carbons (Fsp3) is 0.167. The highest BCUT2D eigenvalue weighted by Crippen LogP contribution is 2.31. The summed E-state index contributed by atoms with van der Waals surface area (Å²) in [6, 6.07) is 5.81. The maximum absolute atomic E-state index is 13.1. The van der Waals surface area contributed by atoms with Gasteiger partial charge in [0.1, 0.15) is 10.5 Å². The molecular weight excluding hydrogens is 378 g/mol. The van der Waals surface area contributed by atoms with Gasteiger partial charge in [-0.1, -0.05) is 12.1 Å². The molecule has 0 bridgehead atoms. The Morgan fingerprint density at radius 2 is 2.14 bits per heavy atom. The molecule has 1 amide bonds. The third kappa shape index (κ3) is 2.42. The molecule has 4 heterocycles. The maximum atomic E-state index is 13.1. The lowest BCUT2D eigenvalue weighted by molar-refractivity contribution is -0.117. The molecule has 0 saturated carbocycles. The van der Waals surface area contributed by atoms with Crippen LogP contribution in [0.25, 0.3) is 32.2 Å². The molecule has 4 aromatic heterocycles. The van der Waals surface area contributed by atoms with Crippen LogP contribution in [0.2, 0.25) is 0 Å². The van der Waals surface area contributed by atoms with E-state index < -0.39 is 5.91 Å². The number of hydrogen-bond acceptors (Lipinski definition) is 6. The second-order valence-electron chi connectivity index (χ2n) is 6.58. The lowest BCUT2D eigenvalue weighted by atomic mass is 10.1. The number of carbonyl (C=O) groups excluding carboxylic acids is 1. The fourth-order valence-electron chi connectivity index (χ4n) is 3.50. The summed E-state index contributed by atoms with van der Waals surface area (Å²) in [5.41, 5.74) is 8.13. The number of rotatable bonds is 4. The van der Waals surface area contributed by atoms with Crippen LogP contribution in [0, 0.1) is 0 Å². The van der Waals surface area contributed by atoms with Crippen molar-refractivity contribution in [2.24, 2.45) is 12.8 Å². The summed E-state index contributed by atoms with van der Waals surface area (Å²) < 4.78 is 4.03. The second-order valence-corrected chi connectivity index (χ2v) is 7.66. The van der Waals surface area contributed by atoms with Gasteiger partial charge >= 0.3 is 0 Å². The summed E-state index contributed by atoms with van der Waals surface area (Å²) in [7, 11) is 1.79. The SMILES string of the molecule is Cn1c2nc(CC(N)=O)sc2c2cnn(Cc3cccc4[nH]ncc34)c(=O)c21. The normalized spacial score (nSPS) is 11.8. The molecule has 3 N–H and O–H groups in total. The van der Waals surface area contributed by atoms with Crippen molar-refractivity contribution in [2.45, 2.75) is 13.0 Å². The molecule has 0 saturated heterocycles. The van der Waals surface area contributed by atoms with Gasteiger partial charge in [-0.05, 0) is 11.6 Å². The van der Waals surface area contributed by atoms with Gasteiger partial charge in [-0.3, -0.25) is 14.7 Å². The Hall–Kier alpha value is -3.53. The third-order valence-corrected chi connectivity index (χ3v) is 5.87. The molecular formula is C18H15N7O2S. The zero-order chi connectivity index (χ0) is 19.4. The number of aryl methyl sites for hydroxylation is 1. The van der Waals surface area contributed by atoms with Gasteiger partial charge in [0.05, 0.1) is 35.6 Å². The van der Waals surface area contributed by atoms with Crippen LogP contribution in [0.15, 0.2) is 35.4 Å². The number of nitrogens with two attached hydrogens (primary N) is 1. The van der Waals surface area contributed by atoms with Gasteiger partial charge in [-0.15, -0.1) is 11.3 Å². The first-order valence-electron chi connectivity index (χ1n) is 8.56. The smallest absolute Gasteiger partial charge is 0.291 e. The molecule has 0 unspecified atom stereocenters. The van der Waals surface area contributed by atoms with E-state index in [-0.39, 0.29) is 12.0 Å². The largest absolute Gasteiger partial charge is 0.369 e. The average molecular weight is 393 g/mol. The lowest BCUT2D eigenvalue weighted by Crippen LogP contribution is -2.24. The zero-order valence-corrected chi connectivity index (χ0v) is 15.7. The lowest BCUT2D eigenvalue weighted by Gasteiger charge is -2.06. The van der Waals surface area contributed by atoms with E-state index in [0.29, 0.717) is 22.7 Å². The van der Waals surface area contributed by atoms with Crippen molar-refractivity contribution in [3.8, 4) is 0 Å². The summed E-state index contributed by atoms with van der Waals surface area (Å²) in [6.45, 7) is 0.338. The number of aromatic nitrogens is 6. The molecule has 10 heteroatoms. The molecule has 0 aliphatic rings. The Labute approximate surface area is 161 Å². The van der Waals surface area contributed by atoms with Crippen molar-refractivity contribution in [2.75, 3.05) is 0 Å². The van der Waals surface area contributed by atoms with Crippen LogP contribution >= 0.6 is 11.3 Å². The monoisotopic (exact) mass is 393 g/mol. The number of carbonyl (C=O) groups is 1. The predicted molar refractivity (Wildman–Crippen MR) is 106 cm³/mol. The van der Waals surface area contributed by atoms with E-state index in [9.17, 15) is 9.59 Å². The molecule has 0 spiro atoms. The highest BCUT2D eigenvalue weighted by Gasteiger charge is 2.19. The number of benzene rings is 1. The van der Waals surface area contributed by atoms with Gasteiger partial charge in [0.15, 0.2) is 5.65 Å². The Kier molecular flexibility index (Phi) is 3.56. The topological polar surface area (TPSA) is 124 Å². The minimum atomic E-state index is -0.433. The Bertz CT molecular complexity index is 1440. The van der Waals surface area contributed by atoms with E-state index in [0.717, 1.165) is 26.6 Å². The van der Waals surface area contributed by atoms with Crippen LogP contribution in [0.5, 0.6) is 0 Å². The van der Waals surface area contributed by atoms with Crippen molar-refractivity contribution in [3.05, 3.63) is 51.5 Å². The fourth-order valence-corrected chi connectivity index (χ4v) is 4.61. The minimum Gasteiger partial charge on any atom is -0.369 e. The quantitative estimate of drug-likeness (QED) is 0.476. The van der Waals surface area contributed by atoms with Crippen LogP contribution in [0.3, 0.4) is 0 Å². The van der Waals surface area contributed by atoms with Crippen molar-refractivity contribution in [3.63, 3.8) is 0 Å². The summed E-state index contributed by atoms with van der Waals surface area (Å²) in [6.07, 6.45) is 3.51. The first-order chi connectivity index (χ1) is 13.5. The summed E-state index contributed by atoms with van der Waals surface area (Å²) in [4.78, 5) is 28.8. The van der Waals surface area contributed by atoms with Gasteiger partial charge in [-0.2, -0.15) is 10.2 Å². The van der Waals surface area contributed by atoms with Gasteiger partial charge < -0.3 is 10.3 Å². The minimum absolute atomic E-state index is 0.0834. The number of primary amides is 1. The molecule has 0 radical (unpaired) electrons. The number of thiazole rings is 1. The zero-order valence-electron chi connectivity index (χ0n) is 14.8. The Morgan fingerprint density at radius 1 is 1.29 bits per heavy atom. The van der Waals surface area contributed by atoms with Gasteiger partial charge in [0.25, 0.3) is 5.56 Å². The molecule has 0 atom stereocenters. The van der Waals surface area contributed by atoms with Crippen LogP contribution in [0.1, 0.15) is 10.6 Å². The Balaban J connectivity index is 1.65. The molecule has 1 aromatic carbocycles. The molecule has 28 heavy (non-hydrogen) atoms. The highest BCUT2D eigenvalue weighted by molar-refractivity contribution is 7.19. The van der Waals surface area contributed by atoms with Gasteiger partial charge in [0, 0.05) is 17.8 Å². The number of amides is 1. The first-order valence-corrected chi connectivity index (χ1v) is 9.38. The second kappa shape index (κ2) is 5.99. The summed E-state index contributed by atoms with van der Waals surface area (Å²) in [5, 5.41) is 13.7. The number of H-pyrrole nitrogens is 1. The number of nitrogens with zero attached hydrogens (tertiary/aromatic N) is 5. The van der Waals surface area contributed by atoms with E-state index in [2.05, 4.69) is 20.3 Å². The van der Waals surface area contributed by atoms with E-state index in [4.69, 9.17) is 5.73 Å². The molecule has 9 nitrogen and oxygen atoms in total. The van der Waals surface area contributed by atoms with Gasteiger partial charge in [0.2, 0.25) is 5.91 Å². The molecule has 5 aromatic rings. The van der Waals surface area contributed by atoms with Crippen LogP contribution in [-0.2, 0) is 24.8 Å². The summed E-state index contributed by atoms with van der Waals surface area (Å²) >= 11 is 1.36. The van der Waals surface area contributed by atoms with Crippen LogP contribution < -0.4 is 11.3 Å². The Morgan fingerprint density at radius 3 is 2.96 bits per heavy atom. The van der Waals surface area contributed by atoms with E-state index in [1.807, 2.05) is 18.2 Å². The van der Waals surface area contributed by atoms with E-state index in [1.165, 1.54) is 16.0 Å². The molecule has 0 fully saturated rings. The maximum Gasteiger partial charge on any atom is 0.291 e. The van der Waals surface area contributed by atoms with Crippen molar-refractivity contribution in [1.29, 1.82) is 0 Å². The molecule has 0 aliphatic carbocycles. The van der Waals surface area contributed by atoms with E-state index in [1.54, 1.807) is 24.0 Å². The van der Waals surface area contributed by atoms with Gasteiger partial charge in [-0.25, -0.2) is 9.67 Å². The predicted octanol–water partition coefficient (Wildman–Crippen LogP) is 1.30. The van der Waals surface area contributed by atoms with Crippen molar-refractivity contribution < 1.29 is 4.79 Å². The number of nitrogens with one attached hydrogen (secondary N) is 1. The van der Waals surface area contributed by atoms with Crippen LogP contribution in [0.4, 0.5) is 0 Å². The highest BCUT2D eigenvalue weighted by atomic mass is 32.1. The number of hydrogen-bond donors (Lipinski definition) is 2. The standard InChI is InChI=1S/C18H15N7O2S/c1-24-15-11(16-17(24)22-14(28-16)5-13(19)26)7-21-25(18(15)27)8-9-3-2-4-12-10(9)6-20-23-12/h2-4,6-7H,5,8H2,1H3,(H2,19,26)(H,20,23). The molecule has 140 valence electrons. The van der Waals surface area contributed by atoms with Crippen molar-refractivity contribution >= 4 is 49.4 Å². The van der Waals surface area contributed by atoms with E-state index >= 15 is 0 Å².